The Labute approximate surface area is 99.7 Å². The highest BCUT2D eigenvalue weighted by Crippen LogP contribution is 2.20. The summed E-state index contributed by atoms with van der Waals surface area (Å²) in [4.78, 5) is 11.4. The van der Waals surface area contributed by atoms with Crippen LogP contribution in [0.1, 0.15) is 13.8 Å². The minimum absolute atomic E-state index is 0.142. The molecule has 0 bridgehead atoms. The molecule has 0 heterocycles. The van der Waals surface area contributed by atoms with E-state index in [1.165, 1.54) is 0 Å². The molecule has 1 rings (SSSR count). The summed E-state index contributed by atoms with van der Waals surface area (Å²) >= 11 is 5.86. The maximum atomic E-state index is 11.4. The van der Waals surface area contributed by atoms with Gasteiger partial charge in [-0.25, -0.2) is 4.79 Å². The molecule has 0 saturated carbocycles. The Morgan fingerprint density at radius 3 is 2.69 bits per heavy atom. The predicted molar refractivity (Wildman–Crippen MR) is 64.7 cm³/mol. The lowest BCUT2D eigenvalue weighted by molar-refractivity contribution is 0.138. The molecule has 0 aliphatic heterocycles. The Balaban J connectivity index is 2.50. The zero-order valence-electron chi connectivity index (χ0n) is 9.29. The molecule has 1 amide bonds. The first kappa shape index (κ1) is 12.8. The highest BCUT2D eigenvalue weighted by Gasteiger charge is 2.14. The number of anilines is 1. The van der Waals surface area contributed by atoms with Gasteiger partial charge in [-0.3, -0.25) is 5.32 Å². The van der Waals surface area contributed by atoms with Crippen LogP contribution in [-0.4, -0.2) is 18.2 Å². The van der Waals surface area contributed by atoms with E-state index in [4.69, 9.17) is 22.1 Å². The molecule has 0 radical (unpaired) electrons. The third-order valence-electron chi connectivity index (χ3n) is 1.69. The van der Waals surface area contributed by atoms with Gasteiger partial charge in [0.1, 0.15) is 6.61 Å². The Kier molecular flexibility index (Phi) is 4.15. The van der Waals surface area contributed by atoms with Gasteiger partial charge in [0.2, 0.25) is 0 Å². The summed E-state index contributed by atoms with van der Waals surface area (Å²) in [7, 11) is 0. The topological polar surface area (TPSA) is 64.3 Å². The molecule has 0 atom stereocenters. The molecule has 16 heavy (non-hydrogen) atoms. The van der Waals surface area contributed by atoms with E-state index in [0.29, 0.717) is 10.7 Å². The van der Waals surface area contributed by atoms with Gasteiger partial charge in [-0.2, -0.15) is 0 Å². The van der Waals surface area contributed by atoms with Crippen LogP contribution in [0.4, 0.5) is 10.5 Å². The van der Waals surface area contributed by atoms with Crippen molar-refractivity contribution >= 4 is 23.4 Å². The Bertz CT molecular complexity index is 374. The Hall–Kier alpha value is -1.26. The van der Waals surface area contributed by atoms with Gasteiger partial charge in [0, 0.05) is 5.54 Å². The largest absolute Gasteiger partial charge is 0.447 e. The number of hydrogen-bond donors (Lipinski definition) is 2. The summed E-state index contributed by atoms with van der Waals surface area (Å²) in [6, 6.07) is 6.93. The molecular weight excluding hydrogens is 228 g/mol. The summed E-state index contributed by atoms with van der Waals surface area (Å²) in [5.74, 6) is 0. The number of benzene rings is 1. The second-order valence-corrected chi connectivity index (χ2v) is 4.58. The van der Waals surface area contributed by atoms with E-state index in [9.17, 15) is 4.79 Å². The molecule has 5 heteroatoms. The second kappa shape index (κ2) is 5.18. The van der Waals surface area contributed by atoms with Crippen molar-refractivity contribution < 1.29 is 9.53 Å². The number of nitrogens with one attached hydrogen (secondary N) is 1. The van der Waals surface area contributed by atoms with Crippen LogP contribution in [0.2, 0.25) is 5.02 Å². The number of para-hydroxylation sites is 1. The summed E-state index contributed by atoms with van der Waals surface area (Å²) in [6.07, 6.45) is -0.563. The van der Waals surface area contributed by atoms with E-state index in [-0.39, 0.29) is 6.61 Å². The lowest BCUT2D eigenvalue weighted by atomic mass is 10.1. The summed E-state index contributed by atoms with van der Waals surface area (Å²) < 4.78 is 4.93. The van der Waals surface area contributed by atoms with Crippen LogP contribution in [0.5, 0.6) is 0 Å². The van der Waals surface area contributed by atoms with Crippen molar-refractivity contribution in [2.45, 2.75) is 19.4 Å². The fourth-order valence-corrected chi connectivity index (χ4v) is 1.14. The maximum absolute atomic E-state index is 11.4. The van der Waals surface area contributed by atoms with Gasteiger partial charge >= 0.3 is 6.09 Å². The van der Waals surface area contributed by atoms with Crippen molar-refractivity contribution in [2.24, 2.45) is 5.73 Å². The number of amides is 1. The van der Waals surface area contributed by atoms with Gasteiger partial charge in [0.25, 0.3) is 0 Å². The lowest BCUT2D eigenvalue weighted by Crippen LogP contribution is -2.38. The monoisotopic (exact) mass is 242 g/mol. The van der Waals surface area contributed by atoms with Gasteiger partial charge in [0.05, 0.1) is 10.7 Å². The fourth-order valence-electron chi connectivity index (χ4n) is 0.960. The van der Waals surface area contributed by atoms with E-state index in [1.807, 2.05) is 0 Å². The molecule has 0 aromatic heterocycles. The number of hydrogen-bond acceptors (Lipinski definition) is 3. The van der Waals surface area contributed by atoms with Crippen LogP contribution >= 0.6 is 11.6 Å². The minimum atomic E-state index is -0.563. The van der Waals surface area contributed by atoms with Crippen molar-refractivity contribution in [1.29, 1.82) is 0 Å². The lowest BCUT2D eigenvalue weighted by Gasteiger charge is -2.18. The SMILES string of the molecule is CC(C)(N)COC(=O)Nc1ccccc1Cl. The van der Waals surface area contributed by atoms with Crippen LogP contribution in [-0.2, 0) is 4.74 Å². The third kappa shape index (κ3) is 4.51. The molecule has 4 nitrogen and oxygen atoms in total. The van der Waals surface area contributed by atoms with Gasteiger partial charge in [-0.1, -0.05) is 23.7 Å². The number of ether oxygens (including phenoxy) is 1. The van der Waals surface area contributed by atoms with Crippen LogP contribution in [0.3, 0.4) is 0 Å². The van der Waals surface area contributed by atoms with Gasteiger partial charge in [-0.15, -0.1) is 0 Å². The average molecular weight is 243 g/mol. The van der Waals surface area contributed by atoms with Crippen LogP contribution in [0, 0.1) is 0 Å². The average Bonchev–Trinajstić information content (AvgIpc) is 2.18. The van der Waals surface area contributed by atoms with E-state index in [1.54, 1.807) is 38.1 Å². The number of nitrogens with two attached hydrogens (primary N) is 1. The van der Waals surface area contributed by atoms with Crippen molar-refractivity contribution in [3.63, 3.8) is 0 Å². The first-order valence-corrected chi connectivity index (χ1v) is 5.23. The first-order chi connectivity index (χ1) is 7.38. The molecule has 0 spiro atoms. The van der Waals surface area contributed by atoms with Crippen molar-refractivity contribution in [3.05, 3.63) is 29.3 Å². The molecule has 88 valence electrons. The van der Waals surface area contributed by atoms with Crippen molar-refractivity contribution in [1.82, 2.24) is 0 Å². The van der Waals surface area contributed by atoms with Crippen molar-refractivity contribution in [3.8, 4) is 0 Å². The molecule has 1 aromatic rings. The second-order valence-electron chi connectivity index (χ2n) is 4.17. The third-order valence-corrected chi connectivity index (χ3v) is 2.02. The van der Waals surface area contributed by atoms with Crippen LogP contribution in [0.25, 0.3) is 0 Å². The van der Waals surface area contributed by atoms with Gasteiger partial charge < -0.3 is 10.5 Å². The molecular formula is C11H15ClN2O2. The van der Waals surface area contributed by atoms with E-state index >= 15 is 0 Å². The maximum Gasteiger partial charge on any atom is 0.411 e. The van der Waals surface area contributed by atoms with Gasteiger partial charge in [-0.05, 0) is 26.0 Å². The van der Waals surface area contributed by atoms with Gasteiger partial charge in [0.15, 0.2) is 0 Å². The molecule has 3 N–H and O–H groups in total. The van der Waals surface area contributed by atoms with E-state index in [0.717, 1.165) is 0 Å². The summed E-state index contributed by atoms with van der Waals surface area (Å²) in [5, 5.41) is 3.00. The number of carbonyl (C=O) groups is 1. The number of halogens is 1. The highest BCUT2D eigenvalue weighted by molar-refractivity contribution is 6.33. The molecule has 0 saturated heterocycles. The molecule has 0 unspecified atom stereocenters. The number of carbonyl (C=O) groups excluding carboxylic acids is 1. The Morgan fingerprint density at radius 2 is 2.12 bits per heavy atom. The summed E-state index contributed by atoms with van der Waals surface area (Å²) in [6.45, 7) is 3.69. The molecule has 0 aliphatic rings. The summed E-state index contributed by atoms with van der Waals surface area (Å²) in [5.41, 5.74) is 5.65. The van der Waals surface area contributed by atoms with E-state index in [2.05, 4.69) is 5.32 Å². The first-order valence-electron chi connectivity index (χ1n) is 4.86. The van der Waals surface area contributed by atoms with Crippen LogP contribution in [0.15, 0.2) is 24.3 Å². The Morgan fingerprint density at radius 1 is 1.50 bits per heavy atom. The highest BCUT2D eigenvalue weighted by atomic mass is 35.5. The molecule has 0 fully saturated rings. The smallest absolute Gasteiger partial charge is 0.411 e. The zero-order valence-corrected chi connectivity index (χ0v) is 10.0. The van der Waals surface area contributed by atoms with E-state index < -0.39 is 11.6 Å². The number of rotatable bonds is 3. The zero-order chi connectivity index (χ0) is 12.2. The molecule has 1 aromatic carbocycles. The molecule has 0 aliphatic carbocycles. The van der Waals surface area contributed by atoms with Crippen LogP contribution < -0.4 is 11.1 Å². The standard InChI is InChI=1S/C11H15ClN2O2/c1-11(2,13)7-16-10(15)14-9-6-4-3-5-8(9)12/h3-6H,7,13H2,1-2H3,(H,14,15). The minimum Gasteiger partial charge on any atom is -0.447 e. The normalized spacial score (nSPS) is 11.0. The fraction of sp³-hybridized carbons (Fsp3) is 0.364. The van der Waals surface area contributed by atoms with Crippen molar-refractivity contribution in [2.75, 3.05) is 11.9 Å². The quantitative estimate of drug-likeness (QED) is 0.856. The predicted octanol–water partition coefficient (Wildman–Crippen LogP) is 2.63.